The summed E-state index contributed by atoms with van der Waals surface area (Å²) in [5, 5.41) is 10.3. The van der Waals surface area contributed by atoms with E-state index in [1.807, 2.05) is 0 Å². The maximum absolute atomic E-state index is 11.3. The van der Waals surface area contributed by atoms with Crippen molar-refractivity contribution in [2.75, 3.05) is 0 Å². The lowest BCUT2D eigenvalue weighted by Crippen LogP contribution is -2.11. The molecule has 1 aromatic rings. The molecule has 0 saturated heterocycles. The van der Waals surface area contributed by atoms with Crippen LogP contribution in [0, 0.1) is 10.1 Å². The number of nitro groups is 1. The third kappa shape index (κ3) is 3.41. The topological polar surface area (TPSA) is 107 Å². The van der Waals surface area contributed by atoms with Gasteiger partial charge in [-0.15, -0.1) is 0 Å². The summed E-state index contributed by atoms with van der Waals surface area (Å²) in [6, 6.07) is 5.65. The van der Waals surface area contributed by atoms with E-state index in [0.717, 1.165) is 0 Å². The molecule has 0 fully saturated rings. The molecule has 0 amide bonds. The number of nitrogens with zero attached hydrogens (tertiary/aromatic N) is 1. The summed E-state index contributed by atoms with van der Waals surface area (Å²) in [4.78, 5) is 21.0. The standard InChI is InChI=1S/C8H7NO6S/c10-8(15-16(13)14)7-4-2-1-3-6(7)5-9(11)12/h1-4H,5H2,(H,13,14). The van der Waals surface area contributed by atoms with Crippen LogP contribution in [0.3, 0.4) is 0 Å². The van der Waals surface area contributed by atoms with Gasteiger partial charge in [-0.05, 0) is 6.07 Å². The van der Waals surface area contributed by atoms with E-state index in [1.54, 1.807) is 0 Å². The van der Waals surface area contributed by atoms with Gasteiger partial charge in [-0.1, -0.05) is 18.2 Å². The van der Waals surface area contributed by atoms with Crippen LogP contribution in [-0.2, 0) is 22.1 Å². The first-order valence-electron chi connectivity index (χ1n) is 4.04. The molecule has 0 aliphatic carbocycles. The average molecular weight is 245 g/mol. The second-order valence-electron chi connectivity index (χ2n) is 2.74. The Balaban J connectivity index is 2.98. The highest BCUT2D eigenvalue weighted by Gasteiger charge is 2.17. The number of carbonyl (C=O) groups is 1. The van der Waals surface area contributed by atoms with Crippen molar-refractivity contribution in [2.45, 2.75) is 6.54 Å². The largest absolute Gasteiger partial charge is 0.360 e. The molecule has 1 unspecified atom stereocenters. The first kappa shape index (κ1) is 12.3. The fourth-order valence-electron chi connectivity index (χ4n) is 1.11. The van der Waals surface area contributed by atoms with E-state index in [0.29, 0.717) is 0 Å². The Morgan fingerprint density at radius 3 is 2.69 bits per heavy atom. The highest BCUT2D eigenvalue weighted by atomic mass is 32.2. The average Bonchev–Trinajstić information content (AvgIpc) is 2.16. The van der Waals surface area contributed by atoms with E-state index in [2.05, 4.69) is 4.18 Å². The summed E-state index contributed by atoms with van der Waals surface area (Å²) >= 11 is -2.74. The molecule has 0 aliphatic heterocycles. The van der Waals surface area contributed by atoms with Crippen LogP contribution in [0.2, 0.25) is 0 Å². The summed E-state index contributed by atoms with van der Waals surface area (Å²) in [5.74, 6) is -1.07. The molecule has 1 rings (SSSR count). The second-order valence-corrected chi connectivity index (χ2v) is 3.34. The Bertz CT molecular complexity index is 446. The van der Waals surface area contributed by atoms with Crippen LogP contribution in [0.1, 0.15) is 15.9 Å². The van der Waals surface area contributed by atoms with Crippen molar-refractivity contribution in [3.8, 4) is 0 Å². The van der Waals surface area contributed by atoms with Gasteiger partial charge in [0.2, 0.25) is 6.54 Å². The lowest BCUT2D eigenvalue weighted by molar-refractivity contribution is -0.496. The molecule has 0 spiro atoms. The molecule has 86 valence electrons. The summed E-state index contributed by atoms with van der Waals surface area (Å²) in [7, 11) is 0. The highest BCUT2D eigenvalue weighted by molar-refractivity contribution is 7.74. The van der Waals surface area contributed by atoms with Gasteiger partial charge >= 0.3 is 17.3 Å². The van der Waals surface area contributed by atoms with Crippen molar-refractivity contribution in [1.29, 1.82) is 0 Å². The molecular formula is C8H7NO6S. The summed E-state index contributed by atoms with van der Waals surface area (Å²) < 4.78 is 22.6. The monoisotopic (exact) mass is 245 g/mol. The minimum absolute atomic E-state index is 0.0957. The molecule has 8 heteroatoms. The van der Waals surface area contributed by atoms with Crippen molar-refractivity contribution >= 4 is 17.3 Å². The van der Waals surface area contributed by atoms with Crippen molar-refractivity contribution in [3.63, 3.8) is 0 Å². The molecule has 1 atom stereocenters. The van der Waals surface area contributed by atoms with Crippen LogP contribution < -0.4 is 0 Å². The van der Waals surface area contributed by atoms with Gasteiger partial charge in [0.25, 0.3) is 0 Å². The third-order valence-corrected chi connectivity index (χ3v) is 1.98. The second kappa shape index (κ2) is 5.33. The summed E-state index contributed by atoms with van der Waals surface area (Å²) in [6.07, 6.45) is 0. The molecule has 1 aromatic carbocycles. The Hall–Kier alpha value is -1.80. The number of benzene rings is 1. The van der Waals surface area contributed by atoms with Crippen LogP contribution >= 0.6 is 0 Å². The number of hydrogen-bond acceptors (Lipinski definition) is 5. The molecule has 0 aliphatic rings. The van der Waals surface area contributed by atoms with E-state index in [4.69, 9.17) is 4.55 Å². The maximum Gasteiger partial charge on any atom is 0.360 e. The third-order valence-electron chi connectivity index (χ3n) is 1.68. The van der Waals surface area contributed by atoms with Gasteiger partial charge < -0.3 is 4.18 Å². The molecule has 1 N–H and O–H groups in total. The summed E-state index contributed by atoms with van der Waals surface area (Å²) in [5.41, 5.74) is 0.0320. The number of carbonyl (C=O) groups excluding carboxylic acids is 1. The number of rotatable bonds is 4. The van der Waals surface area contributed by atoms with Crippen LogP contribution in [0.5, 0.6) is 0 Å². The quantitative estimate of drug-likeness (QED) is 0.476. The van der Waals surface area contributed by atoms with Crippen LogP contribution in [0.4, 0.5) is 0 Å². The fraction of sp³-hybridized carbons (Fsp3) is 0.125. The van der Waals surface area contributed by atoms with Crippen LogP contribution in [0.25, 0.3) is 0 Å². The Kier molecular flexibility index (Phi) is 4.09. The Morgan fingerprint density at radius 2 is 2.12 bits per heavy atom. The molecule has 16 heavy (non-hydrogen) atoms. The van der Waals surface area contributed by atoms with Gasteiger partial charge in [0.15, 0.2) is 0 Å². The smallest absolute Gasteiger partial charge is 0.339 e. The molecule has 0 bridgehead atoms. The van der Waals surface area contributed by atoms with Crippen molar-refractivity contribution in [1.82, 2.24) is 0 Å². The zero-order valence-electron chi connectivity index (χ0n) is 7.86. The van der Waals surface area contributed by atoms with E-state index < -0.39 is 28.8 Å². The first-order valence-corrected chi connectivity index (χ1v) is 5.07. The zero-order chi connectivity index (χ0) is 12.1. The van der Waals surface area contributed by atoms with Gasteiger partial charge in [-0.25, -0.2) is 4.79 Å². The number of hydrogen-bond donors (Lipinski definition) is 1. The summed E-state index contributed by atoms with van der Waals surface area (Å²) in [6.45, 7) is -0.552. The van der Waals surface area contributed by atoms with E-state index in [1.165, 1.54) is 24.3 Å². The SMILES string of the molecule is O=C(OS(=O)O)c1ccccc1C[N+](=O)[O-]. The van der Waals surface area contributed by atoms with Crippen LogP contribution in [0.15, 0.2) is 24.3 Å². The van der Waals surface area contributed by atoms with Gasteiger partial charge in [-0.2, -0.15) is 4.21 Å². The van der Waals surface area contributed by atoms with Crippen LogP contribution in [-0.4, -0.2) is 19.7 Å². The normalized spacial score (nSPS) is 11.8. The van der Waals surface area contributed by atoms with Gasteiger partial charge in [0.1, 0.15) is 0 Å². The molecule has 0 aromatic heterocycles. The van der Waals surface area contributed by atoms with Gasteiger partial charge in [0, 0.05) is 10.5 Å². The first-order chi connectivity index (χ1) is 7.50. The lowest BCUT2D eigenvalue weighted by Gasteiger charge is -2.03. The predicted octanol–water partition coefficient (Wildman–Crippen LogP) is 0.757. The van der Waals surface area contributed by atoms with Crippen molar-refractivity contribution in [2.24, 2.45) is 0 Å². The maximum atomic E-state index is 11.3. The van der Waals surface area contributed by atoms with E-state index >= 15 is 0 Å². The fourth-order valence-corrected chi connectivity index (χ4v) is 1.33. The zero-order valence-corrected chi connectivity index (χ0v) is 8.68. The molecule has 0 heterocycles. The Labute approximate surface area is 92.7 Å². The van der Waals surface area contributed by atoms with E-state index in [9.17, 15) is 19.1 Å². The van der Waals surface area contributed by atoms with Crippen molar-refractivity contribution in [3.05, 3.63) is 45.5 Å². The van der Waals surface area contributed by atoms with Gasteiger partial charge in [0.05, 0.1) is 5.56 Å². The molecule has 0 radical (unpaired) electrons. The predicted molar refractivity (Wildman–Crippen MR) is 53.3 cm³/mol. The van der Waals surface area contributed by atoms with E-state index in [-0.39, 0.29) is 11.1 Å². The minimum Gasteiger partial charge on any atom is -0.339 e. The van der Waals surface area contributed by atoms with Gasteiger partial charge in [-0.3, -0.25) is 14.7 Å². The molecule has 0 saturated carbocycles. The minimum atomic E-state index is -2.74. The highest BCUT2D eigenvalue weighted by Crippen LogP contribution is 2.11. The van der Waals surface area contributed by atoms with Crippen molar-refractivity contribution < 1.29 is 22.7 Å². The lowest BCUT2D eigenvalue weighted by atomic mass is 10.1. The molecular weight excluding hydrogens is 238 g/mol. The molecule has 7 nitrogen and oxygen atoms in total. The Morgan fingerprint density at radius 1 is 1.50 bits per heavy atom.